The number of thioether (sulfide) groups is 1. The smallest absolute Gasteiger partial charge is 0.255 e. The van der Waals surface area contributed by atoms with Crippen molar-refractivity contribution in [2.24, 2.45) is 0 Å². The molecule has 1 saturated heterocycles. The zero-order chi connectivity index (χ0) is 18.5. The van der Waals surface area contributed by atoms with E-state index in [1.54, 1.807) is 18.0 Å². The first-order valence-electron chi connectivity index (χ1n) is 8.72. The van der Waals surface area contributed by atoms with Crippen LogP contribution in [0, 0.1) is 6.92 Å². The third-order valence-electron chi connectivity index (χ3n) is 4.35. The van der Waals surface area contributed by atoms with E-state index in [1.807, 2.05) is 36.1 Å². The minimum absolute atomic E-state index is 0.0950. The molecule has 0 atom stereocenters. The first kappa shape index (κ1) is 18.5. The van der Waals surface area contributed by atoms with E-state index in [9.17, 15) is 9.59 Å². The number of benzene rings is 1. The lowest BCUT2D eigenvalue weighted by Crippen LogP contribution is -2.29. The Morgan fingerprint density at radius 1 is 1.27 bits per heavy atom. The molecule has 0 saturated carbocycles. The van der Waals surface area contributed by atoms with Crippen molar-refractivity contribution in [3.05, 3.63) is 47.3 Å². The molecule has 0 radical (unpaired) electrons. The fourth-order valence-electron chi connectivity index (χ4n) is 2.98. The Bertz CT molecular complexity index is 784. The van der Waals surface area contributed by atoms with Crippen LogP contribution in [-0.2, 0) is 11.3 Å². The van der Waals surface area contributed by atoms with Crippen LogP contribution in [0.2, 0.25) is 0 Å². The maximum Gasteiger partial charge on any atom is 0.255 e. The van der Waals surface area contributed by atoms with E-state index < -0.39 is 0 Å². The highest BCUT2D eigenvalue weighted by atomic mass is 32.2. The van der Waals surface area contributed by atoms with Crippen molar-refractivity contribution < 1.29 is 14.1 Å². The molecule has 2 amide bonds. The van der Waals surface area contributed by atoms with Gasteiger partial charge in [-0.3, -0.25) is 9.59 Å². The van der Waals surface area contributed by atoms with Crippen LogP contribution in [0.4, 0.5) is 0 Å². The van der Waals surface area contributed by atoms with Crippen molar-refractivity contribution >= 4 is 23.6 Å². The first-order chi connectivity index (χ1) is 12.5. The predicted molar refractivity (Wildman–Crippen MR) is 100 cm³/mol. The standard InChI is InChI=1S/C19H23N3O3S/c1-14-11-15(20-25-14)12-21(2)19(24)16-7-3-4-8-17(16)26-13-18(23)22-9-5-6-10-22/h3-4,7-8,11H,5-6,9-10,12-13H2,1-2H3. The van der Waals surface area contributed by atoms with Gasteiger partial charge in [0.15, 0.2) is 0 Å². The minimum Gasteiger partial charge on any atom is -0.361 e. The number of carbonyl (C=O) groups is 2. The molecule has 2 aromatic rings. The lowest BCUT2D eigenvalue weighted by molar-refractivity contribution is -0.127. The number of hydrogen-bond donors (Lipinski definition) is 0. The Balaban J connectivity index is 1.65. The molecule has 7 heteroatoms. The molecule has 26 heavy (non-hydrogen) atoms. The second kappa shape index (κ2) is 8.40. The van der Waals surface area contributed by atoms with Gasteiger partial charge in [0.1, 0.15) is 11.5 Å². The third-order valence-corrected chi connectivity index (χ3v) is 5.41. The Kier molecular flexibility index (Phi) is 5.98. The molecular weight excluding hydrogens is 350 g/mol. The maximum absolute atomic E-state index is 12.8. The molecule has 3 rings (SSSR count). The largest absolute Gasteiger partial charge is 0.361 e. The van der Waals surface area contributed by atoms with Crippen LogP contribution >= 0.6 is 11.8 Å². The molecule has 1 aromatic heterocycles. The molecule has 0 bridgehead atoms. The molecule has 2 heterocycles. The van der Waals surface area contributed by atoms with Crippen molar-refractivity contribution in [3.63, 3.8) is 0 Å². The molecule has 6 nitrogen and oxygen atoms in total. The number of likely N-dealkylation sites (tertiary alicyclic amines) is 1. The van der Waals surface area contributed by atoms with Gasteiger partial charge in [0.25, 0.3) is 5.91 Å². The number of amides is 2. The van der Waals surface area contributed by atoms with Crippen LogP contribution in [0.1, 0.15) is 34.7 Å². The Hall–Kier alpha value is -2.28. The van der Waals surface area contributed by atoms with Gasteiger partial charge in [0.05, 0.1) is 17.9 Å². The van der Waals surface area contributed by atoms with Gasteiger partial charge in [-0.1, -0.05) is 17.3 Å². The molecule has 1 aliphatic heterocycles. The Morgan fingerprint density at radius 3 is 2.69 bits per heavy atom. The Labute approximate surface area is 157 Å². The van der Waals surface area contributed by atoms with Gasteiger partial charge in [-0.25, -0.2) is 0 Å². The van der Waals surface area contributed by atoms with Crippen LogP contribution in [0.5, 0.6) is 0 Å². The summed E-state index contributed by atoms with van der Waals surface area (Å²) < 4.78 is 5.05. The zero-order valence-corrected chi connectivity index (χ0v) is 15.9. The van der Waals surface area contributed by atoms with Crippen LogP contribution < -0.4 is 0 Å². The highest BCUT2D eigenvalue weighted by Crippen LogP contribution is 2.25. The number of aryl methyl sites for hydroxylation is 1. The number of nitrogens with zero attached hydrogens (tertiary/aromatic N) is 3. The highest BCUT2D eigenvalue weighted by molar-refractivity contribution is 8.00. The van der Waals surface area contributed by atoms with E-state index in [0.717, 1.165) is 36.6 Å². The monoisotopic (exact) mass is 373 g/mol. The van der Waals surface area contributed by atoms with E-state index in [1.165, 1.54) is 11.8 Å². The molecule has 0 aliphatic carbocycles. The first-order valence-corrected chi connectivity index (χ1v) is 9.70. The quantitative estimate of drug-likeness (QED) is 0.728. The van der Waals surface area contributed by atoms with E-state index in [4.69, 9.17) is 4.52 Å². The van der Waals surface area contributed by atoms with Crippen LogP contribution in [0.25, 0.3) is 0 Å². The number of carbonyl (C=O) groups excluding carboxylic acids is 2. The van der Waals surface area contributed by atoms with Crippen LogP contribution in [0.3, 0.4) is 0 Å². The Morgan fingerprint density at radius 2 is 2.00 bits per heavy atom. The van der Waals surface area contributed by atoms with Gasteiger partial charge < -0.3 is 14.3 Å². The van der Waals surface area contributed by atoms with Gasteiger partial charge in [0, 0.05) is 31.1 Å². The van der Waals surface area contributed by atoms with Crippen molar-refractivity contribution in [1.29, 1.82) is 0 Å². The molecular formula is C19H23N3O3S. The number of rotatable bonds is 6. The maximum atomic E-state index is 12.8. The van der Waals surface area contributed by atoms with Crippen molar-refractivity contribution in [2.75, 3.05) is 25.9 Å². The normalized spacial score (nSPS) is 13.8. The molecule has 1 fully saturated rings. The highest BCUT2D eigenvalue weighted by Gasteiger charge is 2.20. The van der Waals surface area contributed by atoms with Crippen molar-refractivity contribution in [3.8, 4) is 0 Å². The summed E-state index contributed by atoms with van der Waals surface area (Å²) in [6.45, 7) is 3.89. The topological polar surface area (TPSA) is 66.7 Å². The fourth-order valence-corrected chi connectivity index (χ4v) is 3.93. The van der Waals surface area contributed by atoms with E-state index in [0.29, 0.717) is 23.6 Å². The number of aromatic nitrogens is 1. The van der Waals surface area contributed by atoms with Gasteiger partial charge in [-0.2, -0.15) is 0 Å². The van der Waals surface area contributed by atoms with Crippen LogP contribution in [0.15, 0.2) is 39.8 Å². The molecule has 0 unspecified atom stereocenters. The summed E-state index contributed by atoms with van der Waals surface area (Å²) in [6, 6.07) is 9.24. The predicted octanol–water partition coefficient (Wildman–Crippen LogP) is 2.97. The summed E-state index contributed by atoms with van der Waals surface area (Å²) in [7, 11) is 1.74. The molecule has 0 N–H and O–H groups in total. The SMILES string of the molecule is Cc1cc(CN(C)C(=O)c2ccccc2SCC(=O)N2CCCC2)no1. The minimum atomic E-state index is -0.0950. The lowest BCUT2D eigenvalue weighted by atomic mass is 10.2. The fraction of sp³-hybridized carbons (Fsp3) is 0.421. The lowest BCUT2D eigenvalue weighted by Gasteiger charge is -2.18. The van der Waals surface area contributed by atoms with E-state index in [-0.39, 0.29) is 11.8 Å². The van der Waals surface area contributed by atoms with Gasteiger partial charge in [-0.05, 0) is 31.9 Å². The molecule has 1 aromatic carbocycles. The molecule has 1 aliphatic rings. The summed E-state index contributed by atoms with van der Waals surface area (Å²) >= 11 is 1.43. The summed E-state index contributed by atoms with van der Waals surface area (Å²) in [5.74, 6) is 1.12. The second-order valence-electron chi connectivity index (χ2n) is 6.46. The number of hydrogen-bond acceptors (Lipinski definition) is 5. The average molecular weight is 373 g/mol. The van der Waals surface area contributed by atoms with Crippen molar-refractivity contribution in [1.82, 2.24) is 15.0 Å². The van der Waals surface area contributed by atoms with Crippen LogP contribution in [-0.4, -0.2) is 52.7 Å². The molecule has 0 spiro atoms. The molecule has 138 valence electrons. The van der Waals surface area contributed by atoms with Gasteiger partial charge in [0.2, 0.25) is 5.91 Å². The van der Waals surface area contributed by atoms with Crippen molar-refractivity contribution in [2.45, 2.75) is 31.2 Å². The van der Waals surface area contributed by atoms with E-state index >= 15 is 0 Å². The van der Waals surface area contributed by atoms with Gasteiger partial charge in [-0.15, -0.1) is 11.8 Å². The zero-order valence-electron chi connectivity index (χ0n) is 15.1. The summed E-state index contributed by atoms with van der Waals surface area (Å²) in [6.07, 6.45) is 2.16. The second-order valence-corrected chi connectivity index (χ2v) is 7.48. The summed E-state index contributed by atoms with van der Waals surface area (Å²) in [5.41, 5.74) is 1.32. The summed E-state index contributed by atoms with van der Waals surface area (Å²) in [5, 5.41) is 3.93. The van der Waals surface area contributed by atoms with Gasteiger partial charge >= 0.3 is 0 Å². The van der Waals surface area contributed by atoms with E-state index in [2.05, 4.69) is 5.16 Å². The third kappa shape index (κ3) is 4.46. The summed E-state index contributed by atoms with van der Waals surface area (Å²) in [4.78, 5) is 29.4. The average Bonchev–Trinajstić information content (AvgIpc) is 3.31.